The quantitative estimate of drug-likeness (QED) is 0.808. The Kier molecular flexibility index (Phi) is 7.18. The van der Waals surface area contributed by atoms with Gasteiger partial charge in [-0.1, -0.05) is 13.3 Å². The van der Waals surface area contributed by atoms with Crippen LogP contribution in [0.3, 0.4) is 0 Å². The Labute approximate surface area is 142 Å². The van der Waals surface area contributed by atoms with E-state index in [2.05, 4.69) is 17.1 Å². The highest BCUT2D eigenvalue weighted by atomic mass is 19.1. The second-order valence-corrected chi connectivity index (χ2v) is 6.13. The summed E-state index contributed by atoms with van der Waals surface area (Å²) in [6.07, 6.45) is 2.88. The first kappa shape index (κ1) is 18.4. The van der Waals surface area contributed by atoms with E-state index in [9.17, 15) is 14.0 Å². The van der Waals surface area contributed by atoms with Crippen molar-refractivity contribution in [3.63, 3.8) is 0 Å². The first-order valence-electron chi connectivity index (χ1n) is 8.64. The Morgan fingerprint density at radius 2 is 1.88 bits per heavy atom. The van der Waals surface area contributed by atoms with Crippen LogP contribution >= 0.6 is 0 Å². The lowest BCUT2D eigenvalue weighted by atomic mass is 10.2. The third kappa shape index (κ3) is 5.60. The van der Waals surface area contributed by atoms with Gasteiger partial charge in [0, 0.05) is 38.3 Å². The molecule has 1 saturated heterocycles. The summed E-state index contributed by atoms with van der Waals surface area (Å²) in [7, 11) is 0. The Morgan fingerprint density at radius 3 is 2.58 bits per heavy atom. The number of rotatable bonds is 6. The summed E-state index contributed by atoms with van der Waals surface area (Å²) in [5, 5.41) is 2.92. The molecular weight excluding hydrogens is 309 g/mol. The van der Waals surface area contributed by atoms with Crippen molar-refractivity contribution in [1.29, 1.82) is 0 Å². The minimum Gasteiger partial charge on any atom is -0.355 e. The number of hydrogen-bond donors (Lipinski definition) is 1. The maximum atomic E-state index is 13.0. The number of benzene rings is 1. The molecule has 5 nitrogen and oxygen atoms in total. The Balaban J connectivity index is 1.82. The zero-order valence-electron chi connectivity index (χ0n) is 14.3. The second kappa shape index (κ2) is 9.37. The molecule has 132 valence electrons. The van der Waals surface area contributed by atoms with Crippen LogP contribution in [0.4, 0.5) is 4.39 Å². The molecule has 1 N–H and O–H groups in total. The van der Waals surface area contributed by atoms with Crippen molar-refractivity contribution in [1.82, 2.24) is 15.1 Å². The molecule has 0 aliphatic carbocycles. The van der Waals surface area contributed by atoms with Gasteiger partial charge in [0.2, 0.25) is 5.91 Å². The molecule has 1 heterocycles. The van der Waals surface area contributed by atoms with Crippen molar-refractivity contribution in [2.24, 2.45) is 0 Å². The summed E-state index contributed by atoms with van der Waals surface area (Å²) in [4.78, 5) is 28.2. The van der Waals surface area contributed by atoms with Gasteiger partial charge >= 0.3 is 0 Å². The molecule has 1 aromatic carbocycles. The minimum absolute atomic E-state index is 0.0433. The van der Waals surface area contributed by atoms with Gasteiger partial charge in [-0.2, -0.15) is 0 Å². The fourth-order valence-corrected chi connectivity index (χ4v) is 2.77. The molecule has 1 aromatic rings. The molecule has 24 heavy (non-hydrogen) atoms. The molecule has 1 aliphatic heterocycles. The molecule has 1 aliphatic rings. The van der Waals surface area contributed by atoms with Crippen molar-refractivity contribution in [3.8, 4) is 0 Å². The Bertz CT molecular complexity index is 548. The Morgan fingerprint density at radius 1 is 1.12 bits per heavy atom. The normalized spacial score (nSPS) is 15.8. The number of carbonyl (C=O) groups excluding carboxylic acids is 2. The summed E-state index contributed by atoms with van der Waals surface area (Å²) in [5.74, 6) is -0.381. The van der Waals surface area contributed by atoms with Crippen LogP contribution in [0.5, 0.6) is 0 Å². The first-order chi connectivity index (χ1) is 11.6. The molecule has 0 atom stereocenters. The lowest BCUT2D eigenvalue weighted by Gasteiger charge is -2.21. The number of carbonyl (C=O) groups is 2. The van der Waals surface area contributed by atoms with Crippen LogP contribution in [0, 0.1) is 5.82 Å². The minimum atomic E-state index is -0.345. The lowest BCUT2D eigenvalue weighted by Crippen LogP contribution is -2.40. The summed E-state index contributed by atoms with van der Waals surface area (Å²) in [5.41, 5.74) is 0.502. The SMILES string of the molecule is CCCCNC(=O)CN1CCCN(C(=O)c2ccc(F)cc2)CC1. The topological polar surface area (TPSA) is 52.7 Å². The van der Waals surface area contributed by atoms with Crippen molar-refractivity contribution in [2.75, 3.05) is 39.3 Å². The third-order valence-electron chi connectivity index (χ3n) is 4.19. The second-order valence-electron chi connectivity index (χ2n) is 6.13. The number of unbranched alkanes of at least 4 members (excludes halogenated alkanes) is 1. The number of nitrogens with one attached hydrogen (secondary N) is 1. The van der Waals surface area contributed by atoms with Crippen LogP contribution in [0.25, 0.3) is 0 Å². The van der Waals surface area contributed by atoms with E-state index in [1.807, 2.05) is 0 Å². The van der Waals surface area contributed by atoms with E-state index in [1.165, 1.54) is 24.3 Å². The smallest absolute Gasteiger partial charge is 0.253 e. The van der Waals surface area contributed by atoms with Crippen molar-refractivity contribution >= 4 is 11.8 Å². The molecule has 0 spiro atoms. The van der Waals surface area contributed by atoms with Crippen LogP contribution in [0.15, 0.2) is 24.3 Å². The average molecular weight is 335 g/mol. The molecule has 2 amide bonds. The van der Waals surface area contributed by atoms with Crippen LogP contribution in [-0.2, 0) is 4.79 Å². The number of hydrogen-bond acceptors (Lipinski definition) is 3. The molecule has 0 unspecified atom stereocenters. The molecule has 0 saturated carbocycles. The highest BCUT2D eigenvalue weighted by Gasteiger charge is 2.21. The van der Waals surface area contributed by atoms with E-state index >= 15 is 0 Å². The largest absolute Gasteiger partial charge is 0.355 e. The maximum absolute atomic E-state index is 13.0. The monoisotopic (exact) mass is 335 g/mol. The number of amides is 2. The average Bonchev–Trinajstić information content (AvgIpc) is 2.81. The third-order valence-corrected chi connectivity index (χ3v) is 4.19. The summed E-state index contributed by atoms with van der Waals surface area (Å²) >= 11 is 0. The Hall–Kier alpha value is -1.95. The van der Waals surface area contributed by atoms with Crippen molar-refractivity contribution < 1.29 is 14.0 Å². The lowest BCUT2D eigenvalue weighted by molar-refractivity contribution is -0.122. The van der Waals surface area contributed by atoms with E-state index in [4.69, 9.17) is 0 Å². The number of halogens is 1. The van der Waals surface area contributed by atoms with E-state index in [0.717, 1.165) is 32.4 Å². The van der Waals surface area contributed by atoms with E-state index in [0.29, 0.717) is 31.7 Å². The molecule has 0 bridgehead atoms. The predicted molar refractivity (Wildman–Crippen MR) is 91.3 cm³/mol. The summed E-state index contributed by atoms with van der Waals surface area (Å²) in [6.45, 7) is 5.90. The molecule has 0 aromatic heterocycles. The van der Waals surface area contributed by atoms with Gasteiger partial charge in [-0.05, 0) is 37.1 Å². The van der Waals surface area contributed by atoms with Gasteiger partial charge in [0.25, 0.3) is 5.91 Å². The van der Waals surface area contributed by atoms with Gasteiger partial charge in [-0.25, -0.2) is 4.39 Å². The zero-order valence-corrected chi connectivity index (χ0v) is 14.3. The summed E-state index contributed by atoms with van der Waals surface area (Å²) < 4.78 is 13.0. The summed E-state index contributed by atoms with van der Waals surface area (Å²) in [6, 6.07) is 5.64. The van der Waals surface area contributed by atoms with Gasteiger partial charge in [-0.3, -0.25) is 14.5 Å². The van der Waals surface area contributed by atoms with Gasteiger partial charge in [0.05, 0.1) is 6.54 Å². The highest BCUT2D eigenvalue weighted by Crippen LogP contribution is 2.10. The van der Waals surface area contributed by atoms with Crippen LogP contribution in [0.2, 0.25) is 0 Å². The van der Waals surface area contributed by atoms with Crippen LogP contribution in [0.1, 0.15) is 36.5 Å². The predicted octanol–water partition coefficient (Wildman–Crippen LogP) is 1.89. The van der Waals surface area contributed by atoms with Gasteiger partial charge in [0.1, 0.15) is 5.82 Å². The molecule has 0 radical (unpaired) electrons. The molecule has 1 fully saturated rings. The van der Waals surface area contributed by atoms with E-state index in [1.54, 1.807) is 4.90 Å². The highest BCUT2D eigenvalue weighted by molar-refractivity contribution is 5.94. The van der Waals surface area contributed by atoms with Gasteiger partial charge < -0.3 is 10.2 Å². The maximum Gasteiger partial charge on any atom is 0.253 e. The van der Waals surface area contributed by atoms with Crippen molar-refractivity contribution in [2.45, 2.75) is 26.2 Å². The van der Waals surface area contributed by atoms with E-state index < -0.39 is 0 Å². The first-order valence-corrected chi connectivity index (χ1v) is 8.64. The molecule has 6 heteroatoms. The standard InChI is InChI=1S/C18H26FN3O2/c1-2-3-9-20-17(23)14-21-10-4-11-22(13-12-21)18(24)15-5-7-16(19)8-6-15/h5-8H,2-4,9-14H2,1H3,(H,20,23). The van der Waals surface area contributed by atoms with Crippen molar-refractivity contribution in [3.05, 3.63) is 35.6 Å². The molecule has 2 rings (SSSR count). The van der Waals surface area contributed by atoms with Gasteiger partial charge in [-0.15, -0.1) is 0 Å². The van der Waals surface area contributed by atoms with Crippen LogP contribution < -0.4 is 5.32 Å². The zero-order chi connectivity index (χ0) is 17.4. The fourth-order valence-electron chi connectivity index (χ4n) is 2.77. The fraction of sp³-hybridized carbons (Fsp3) is 0.556. The number of nitrogens with zero attached hydrogens (tertiary/aromatic N) is 2. The van der Waals surface area contributed by atoms with Crippen LogP contribution in [-0.4, -0.2) is 60.9 Å². The van der Waals surface area contributed by atoms with E-state index in [-0.39, 0.29) is 17.6 Å². The molecular formula is C18H26FN3O2. The van der Waals surface area contributed by atoms with Gasteiger partial charge in [0.15, 0.2) is 0 Å².